The summed E-state index contributed by atoms with van der Waals surface area (Å²) in [6, 6.07) is 51.5. The summed E-state index contributed by atoms with van der Waals surface area (Å²) in [4.78, 5) is 16.4. The number of nitrogens with one attached hydrogen (secondary N) is 1. The zero-order chi connectivity index (χ0) is 49.3. The molecule has 1 N–H and O–H groups in total. The zero-order valence-corrected chi connectivity index (χ0v) is 43.1. The van der Waals surface area contributed by atoms with Crippen molar-refractivity contribution in [1.29, 1.82) is 0 Å². The first-order valence-electron chi connectivity index (χ1n) is 25.9. The highest BCUT2D eigenvalue weighted by atomic mass is 16.5. The number of aryl methyl sites for hydroxylation is 3. The quantitative estimate of drug-likeness (QED) is 0.0914. The van der Waals surface area contributed by atoms with Crippen LogP contribution >= 0.6 is 0 Å². The van der Waals surface area contributed by atoms with Gasteiger partial charge in [-0.3, -0.25) is 9.69 Å². The average molecular weight is 942 g/mol. The molecule has 70 heavy (non-hydrogen) atoms. The summed E-state index contributed by atoms with van der Waals surface area (Å²) in [7, 11) is 5.19. The van der Waals surface area contributed by atoms with E-state index in [-0.39, 0.29) is 0 Å². The van der Waals surface area contributed by atoms with Crippen molar-refractivity contribution < 1.29 is 19.0 Å². The number of fused-ring (bicyclic) bond motifs is 3. The smallest absolute Gasteiger partial charge is 0.137 e. The van der Waals surface area contributed by atoms with Gasteiger partial charge in [0.1, 0.15) is 23.0 Å². The van der Waals surface area contributed by atoms with Gasteiger partial charge in [-0.05, 0) is 134 Å². The lowest BCUT2D eigenvalue weighted by Gasteiger charge is -2.35. The van der Waals surface area contributed by atoms with Gasteiger partial charge in [-0.25, -0.2) is 0 Å². The number of methoxy groups -OCH3 is 3. The maximum Gasteiger partial charge on any atom is 0.137 e. The molecule has 0 fully saturated rings. The van der Waals surface area contributed by atoms with Crippen LogP contribution in [0.4, 0.5) is 0 Å². The lowest BCUT2D eigenvalue weighted by atomic mass is 9.86. The van der Waals surface area contributed by atoms with Crippen molar-refractivity contribution in [3.8, 4) is 17.2 Å². The Bertz CT molecular complexity index is 2460. The van der Waals surface area contributed by atoms with Crippen LogP contribution in [0.5, 0.6) is 17.2 Å². The predicted octanol–water partition coefficient (Wildman–Crippen LogP) is 13.3. The molecule has 1 unspecified atom stereocenters. The molecule has 7 heteroatoms. The van der Waals surface area contributed by atoms with Crippen LogP contribution in [-0.2, 0) is 56.5 Å². The molecule has 0 spiro atoms. The van der Waals surface area contributed by atoms with E-state index in [1.54, 1.807) is 21.3 Å². The number of hydrogen-bond acceptors (Lipinski definition) is 7. The van der Waals surface area contributed by atoms with Crippen LogP contribution in [0, 0.1) is 0 Å². The third-order valence-electron chi connectivity index (χ3n) is 13.4. The summed E-state index contributed by atoms with van der Waals surface area (Å²) < 4.78 is 16.4. The van der Waals surface area contributed by atoms with E-state index in [0.717, 1.165) is 101 Å². The number of nitrogens with zero attached hydrogens (tertiary/aromatic N) is 2. The second-order valence-corrected chi connectivity index (χ2v) is 18.5. The van der Waals surface area contributed by atoms with Crippen molar-refractivity contribution in [1.82, 2.24) is 15.1 Å². The normalized spacial score (nSPS) is 14.4. The van der Waals surface area contributed by atoms with Crippen molar-refractivity contribution in [2.24, 2.45) is 0 Å². The Balaban J connectivity index is 0.000000160. The van der Waals surface area contributed by atoms with Gasteiger partial charge in [0.2, 0.25) is 0 Å². The van der Waals surface area contributed by atoms with Gasteiger partial charge >= 0.3 is 0 Å². The number of carbonyl (C=O) groups is 1. The van der Waals surface area contributed by atoms with Crippen molar-refractivity contribution in [2.75, 3.05) is 41.0 Å². The molecule has 0 saturated heterocycles. The van der Waals surface area contributed by atoms with E-state index in [4.69, 9.17) is 14.2 Å². The van der Waals surface area contributed by atoms with Crippen LogP contribution in [0.1, 0.15) is 109 Å². The Hall–Kier alpha value is -6.15. The molecule has 0 aliphatic heterocycles. The fraction of sp³-hybridized carbons (Fsp3) is 0.381. The second kappa shape index (κ2) is 29.1. The molecular weight excluding hydrogens is 863 g/mol. The minimum atomic E-state index is 0.317. The van der Waals surface area contributed by atoms with Gasteiger partial charge in [-0.2, -0.15) is 0 Å². The maximum absolute atomic E-state index is 11.2. The standard InChI is InChI=1S/C21H27NO.C21H25NO.C11H12O2.C10H15N/c2*1-3-14-22(16-17-8-5-4-6-9-17)19-13-12-18-10-7-11-21(23-2)20(18)15-19;1-13-11-4-2-3-8-5-6-9(12)7-10(8)11;1-2-8-11-9-10-6-4-3-5-7-10/h4-11,19H,3,12-16H2,1-2H3;4-11,15H,3,12-14,16H2,1-2H3;2-4H,5-7H2,1H3;3-7,11H,2,8-9H2,1H3. The number of benzene rings is 6. The van der Waals surface area contributed by atoms with E-state index in [0.29, 0.717) is 24.7 Å². The van der Waals surface area contributed by atoms with Crippen LogP contribution in [0.3, 0.4) is 0 Å². The fourth-order valence-electron chi connectivity index (χ4n) is 9.84. The van der Waals surface area contributed by atoms with Crippen LogP contribution in [0.15, 0.2) is 151 Å². The van der Waals surface area contributed by atoms with Gasteiger partial charge in [0, 0.05) is 61.9 Å². The molecule has 370 valence electrons. The number of ketones is 1. The lowest BCUT2D eigenvalue weighted by molar-refractivity contribution is -0.118. The molecule has 9 rings (SSSR count). The minimum absolute atomic E-state index is 0.317. The Morgan fingerprint density at radius 1 is 0.529 bits per heavy atom. The van der Waals surface area contributed by atoms with E-state index in [1.807, 2.05) is 18.2 Å². The highest BCUT2D eigenvalue weighted by molar-refractivity contribution is 5.84. The Morgan fingerprint density at radius 2 is 1.07 bits per heavy atom. The summed E-state index contributed by atoms with van der Waals surface area (Å²) in [5.74, 6) is 3.21. The zero-order valence-electron chi connectivity index (χ0n) is 43.1. The summed E-state index contributed by atoms with van der Waals surface area (Å²) in [5.41, 5.74) is 13.4. The second-order valence-electron chi connectivity index (χ2n) is 18.5. The molecule has 3 aliphatic rings. The highest BCUT2D eigenvalue weighted by Gasteiger charge is 2.26. The number of carbonyl (C=O) groups excluding carboxylic acids is 1. The highest BCUT2D eigenvalue weighted by Crippen LogP contribution is 2.34. The van der Waals surface area contributed by atoms with Crippen LogP contribution < -0.4 is 19.5 Å². The van der Waals surface area contributed by atoms with Crippen molar-refractivity contribution in [2.45, 2.75) is 117 Å². The third-order valence-corrected chi connectivity index (χ3v) is 13.4. The molecule has 0 saturated carbocycles. The molecule has 0 radical (unpaired) electrons. The first-order valence-corrected chi connectivity index (χ1v) is 25.9. The molecule has 0 heterocycles. The molecule has 7 nitrogen and oxygen atoms in total. The third kappa shape index (κ3) is 15.9. The van der Waals surface area contributed by atoms with E-state index >= 15 is 0 Å². The van der Waals surface area contributed by atoms with E-state index in [2.05, 4.69) is 169 Å². The first-order chi connectivity index (χ1) is 34.4. The van der Waals surface area contributed by atoms with E-state index < -0.39 is 0 Å². The Labute approximate surface area is 420 Å². The molecule has 0 aromatic heterocycles. The molecular formula is C63H79N3O4. The van der Waals surface area contributed by atoms with Gasteiger partial charge in [-0.15, -0.1) is 0 Å². The molecule has 6 aromatic rings. The average Bonchev–Trinajstić information content (AvgIpc) is 3.41. The summed E-state index contributed by atoms with van der Waals surface area (Å²) >= 11 is 0. The summed E-state index contributed by atoms with van der Waals surface area (Å²) in [6.45, 7) is 13.1. The summed E-state index contributed by atoms with van der Waals surface area (Å²) in [5, 5.41) is 3.35. The number of ether oxygens (including phenoxy) is 3. The monoisotopic (exact) mass is 942 g/mol. The largest absolute Gasteiger partial charge is 0.496 e. The maximum atomic E-state index is 11.2. The van der Waals surface area contributed by atoms with E-state index in [1.165, 1.54) is 69.5 Å². The van der Waals surface area contributed by atoms with Crippen LogP contribution in [0.25, 0.3) is 6.08 Å². The molecule has 6 aromatic carbocycles. The molecule has 0 amide bonds. The number of Topliss-reactive ketones (excluding diaryl/α,β-unsaturated/α-hetero) is 1. The predicted molar refractivity (Wildman–Crippen MR) is 291 cm³/mol. The number of hydrogen-bond donors (Lipinski definition) is 1. The SMILES string of the molecule is CCCN(Cc1ccccc1)C1=Cc2c(cccc2OC)CC1.CCCN(Cc1ccccc1)C1CCc2cccc(OC)c2C1.CCCNCc1ccccc1.COc1cccc2c1CC(=O)CC2. The number of rotatable bonds is 17. The van der Waals surface area contributed by atoms with Gasteiger partial charge in [0.25, 0.3) is 0 Å². The molecule has 1 atom stereocenters. The minimum Gasteiger partial charge on any atom is -0.496 e. The Morgan fingerprint density at radius 3 is 1.67 bits per heavy atom. The van der Waals surface area contributed by atoms with Crippen molar-refractivity contribution >= 4 is 11.9 Å². The van der Waals surface area contributed by atoms with Gasteiger partial charge in [0.15, 0.2) is 0 Å². The van der Waals surface area contributed by atoms with E-state index in [9.17, 15) is 4.79 Å². The summed E-state index contributed by atoms with van der Waals surface area (Å²) in [6.07, 6.45) is 13.7. The fourth-order valence-corrected chi connectivity index (χ4v) is 9.84. The van der Waals surface area contributed by atoms with Crippen LogP contribution in [0.2, 0.25) is 0 Å². The topological polar surface area (TPSA) is 63.3 Å². The molecule has 3 aliphatic carbocycles. The first kappa shape index (κ1) is 53.2. The number of allylic oxidation sites excluding steroid dienone is 1. The molecule has 0 bridgehead atoms. The lowest BCUT2D eigenvalue weighted by Crippen LogP contribution is -2.39. The Kier molecular flexibility index (Phi) is 22.1. The van der Waals surface area contributed by atoms with Crippen LogP contribution in [-0.4, -0.2) is 62.6 Å². The van der Waals surface area contributed by atoms with Crippen molar-refractivity contribution in [3.63, 3.8) is 0 Å². The van der Waals surface area contributed by atoms with Crippen molar-refractivity contribution in [3.05, 3.63) is 201 Å². The van der Waals surface area contributed by atoms with Gasteiger partial charge < -0.3 is 24.4 Å². The van der Waals surface area contributed by atoms with Gasteiger partial charge in [0.05, 0.1) is 21.3 Å². The van der Waals surface area contributed by atoms with Gasteiger partial charge in [-0.1, -0.05) is 148 Å².